The molecular weight excluding hydrogens is 417 g/mol. The molecule has 0 atom stereocenters. The Bertz CT molecular complexity index is 1400. The number of carbonyl (C=O) groups excluding carboxylic acids is 1. The van der Waals surface area contributed by atoms with Gasteiger partial charge >= 0.3 is 0 Å². The Morgan fingerprint density at radius 2 is 2.09 bits per heavy atom. The summed E-state index contributed by atoms with van der Waals surface area (Å²) < 4.78 is 18.4. The smallest absolute Gasteiger partial charge is 0.280 e. The second kappa shape index (κ2) is 7.48. The maximum absolute atomic E-state index is 14.3. The number of nitrogens with zero attached hydrogens (tertiary/aromatic N) is 6. The number of amides is 1. The zero-order chi connectivity index (χ0) is 22.4. The van der Waals surface area contributed by atoms with Gasteiger partial charge in [-0.1, -0.05) is 0 Å². The molecule has 0 radical (unpaired) electrons. The molecule has 0 aromatic carbocycles. The van der Waals surface area contributed by atoms with E-state index >= 15 is 0 Å². The predicted molar refractivity (Wildman–Crippen MR) is 115 cm³/mol. The van der Waals surface area contributed by atoms with Crippen molar-refractivity contribution in [1.29, 1.82) is 0 Å². The van der Waals surface area contributed by atoms with E-state index < -0.39 is 11.4 Å². The number of rotatable bonds is 6. The highest BCUT2D eigenvalue weighted by Crippen LogP contribution is 2.23. The number of halogens is 1. The maximum atomic E-state index is 14.3. The summed E-state index contributed by atoms with van der Waals surface area (Å²) >= 11 is 0. The molecule has 3 N–H and O–H groups in total. The normalized spacial score (nSPS) is 13.3. The first-order valence-corrected chi connectivity index (χ1v) is 9.99. The van der Waals surface area contributed by atoms with Gasteiger partial charge in [-0.05, 0) is 12.8 Å². The van der Waals surface area contributed by atoms with Gasteiger partial charge in [-0.25, -0.2) is 9.37 Å². The van der Waals surface area contributed by atoms with Crippen molar-refractivity contribution in [2.45, 2.75) is 18.9 Å². The van der Waals surface area contributed by atoms with E-state index in [0.717, 1.165) is 29.7 Å². The molecule has 12 heteroatoms. The van der Waals surface area contributed by atoms with E-state index in [0.29, 0.717) is 17.0 Å². The molecule has 1 fully saturated rings. The number of aromatic nitrogens is 6. The first-order valence-electron chi connectivity index (χ1n) is 9.99. The molecule has 1 aliphatic rings. The van der Waals surface area contributed by atoms with Gasteiger partial charge in [0.05, 0.1) is 12.4 Å². The minimum atomic E-state index is -0.624. The van der Waals surface area contributed by atoms with Crippen LogP contribution in [0.2, 0.25) is 0 Å². The van der Waals surface area contributed by atoms with Gasteiger partial charge in [-0.15, -0.1) is 0 Å². The summed E-state index contributed by atoms with van der Waals surface area (Å²) in [6, 6.07) is 4.48. The summed E-state index contributed by atoms with van der Waals surface area (Å²) in [6.45, 7) is 0. The van der Waals surface area contributed by atoms with Crippen molar-refractivity contribution >= 4 is 28.9 Å². The van der Waals surface area contributed by atoms with Crippen LogP contribution < -0.4 is 21.5 Å². The molecule has 0 unspecified atom stereocenters. The minimum absolute atomic E-state index is 0.0296. The molecule has 4 aromatic rings. The number of fused-ring (bicyclic) bond motifs is 1. The minimum Gasteiger partial charge on any atom is -0.373 e. The molecule has 0 saturated heterocycles. The average molecular weight is 437 g/mol. The van der Waals surface area contributed by atoms with Crippen molar-refractivity contribution in [2.75, 3.05) is 17.7 Å². The highest BCUT2D eigenvalue weighted by molar-refractivity contribution is 6.00. The maximum Gasteiger partial charge on any atom is 0.280 e. The second-order valence-corrected chi connectivity index (χ2v) is 7.54. The third kappa shape index (κ3) is 3.55. The molecule has 4 heterocycles. The van der Waals surface area contributed by atoms with E-state index in [4.69, 9.17) is 0 Å². The first-order chi connectivity index (χ1) is 15.4. The molecule has 1 amide bonds. The van der Waals surface area contributed by atoms with Crippen LogP contribution in [0, 0.1) is 5.82 Å². The third-order valence-corrected chi connectivity index (χ3v) is 5.08. The molecule has 0 bridgehead atoms. The van der Waals surface area contributed by atoms with Gasteiger partial charge in [0.2, 0.25) is 0 Å². The monoisotopic (exact) mass is 437 g/mol. The van der Waals surface area contributed by atoms with Crippen LogP contribution in [0.4, 0.5) is 21.7 Å². The van der Waals surface area contributed by atoms with Crippen molar-refractivity contribution < 1.29 is 9.18 Å². The Morgan fingerprint density at radius 1 is 1.28 bits per heavy atom. The summed E-state index contributed by atoms with van der Waals surface area (Å²) in [5.74, 6) is 0.177. The van der Waals surface area contributed by atoms with E-state index in [9.17, 15) is 14.0 Å². The topological polar surface area (TPSA) is 123 Å². The van der Waals surface area contributed by atoms with Gasteiger partial charge in [0.1, 0.15) is 28.7 Å². The average Bonchev–Trinajstić information content (AvgIpc) is 3.30. The highest BCUT2D eigenvalue weighted by Gasteiger charge is 2.26. The molecule has 164 valence electrons. The van der Waals surface area contributed by atoms with Gasteiger partial charge in [0, 0.05) is 44.5 Å². The van der Waals surface area contributed by atoms with Crippen molar-refractivity contribution in [3.63, 3.8) is 0 Å². The predicted octanol–water partition coefficient (Wildman–Crippen LogP) is 1.43. The van der Waals surface area contributed by atoms with E-state index in [1.165, 1.54) is 15.4 Å². The summed E-state index contributed by atoms with van der Waals surface area (Å²) in [7, 11) is 3.40. The largest absolute Gasteiger partial charge is 0.373 e. The molecule has 1 aliphatic carbocycles. The molecular formula is C20H20FN9O2. The van der Waals surface area contributed by atoms with Gasteiger partial charge in [-0.2, -0.15) is 14.7 Å². The molecule has 32 heavy (non-hydrogen) atoms. The lowest BCUT2D eigenvalue weighted by Gasteiger charge is -2.11. The zero-order valence-electron chi connectivity index (χ0n) is 17.3. The summed E-state index contributed by atoms with van der Waals surface area (Å²) in [4.78, 5) is 30.0. The standard InChI is InChI=1S/C20H20FN9O2/c1-22-17-8-15(26-18-13(9-23-30(17)18)19(31)24-12-3-4-12)25-14-7-11(21)10-29(20(14)32)16-5-6-28(2)27-16/h5-10,12,22H,3-4H2,1-2H3,(H,24,31)(H,25,26). The second-order valence-electron chi connectivity index (χ2n) is 7.54. The van der Waals surface area contributed by atoms with Crippen LogP contribution in [0.15, 0.2) is 41.6 Å². The van der Waals surface area contributed by atoms with Crippen LogP contribution in [0.5, 0.6) is 0 Å². The van der Waals surface area contributed by atoms with E-state index in [2.05, 4.69) is 31.1 Å². The van der Waals surface area contributed by atoms with Crippen molar-refractivity contribution in [3.05, 3.63) is 58.5 Å². The van der Waals surface area contributed by atoms with Crippen LogP contribution >= 0.6 is 0 Å². The first kappa shape index (κ1) is 19.7. The Labute approximate surface area is 180 Å². The molecule has 5 rings (SSSR count). The number of hydrogen-bond acceptors (Lipinski definition) is 7. The number of anilines is 3. The van der Waals surface area contributed by atoms with Crippen LogP contribution in [0.1, 0.15) is 23.2 Å². The quantitative estimate of drug-likeness (QED) is 0.417. The van der Waals surface area contributed by atoms with E-state index in [1.807, 2.05) is 0 Å². The Morgan fingerprint density at radius 3 is 2.78 bits per heavy atom. The lowest BCUT2D eigenvalue weighted by atomic mass is 10.3. The fourth-order valence-electron chi connectivity index (χ4n) is 3.33. The summed E-state index contributed by atoms with van der Waals surface area (Å²) in [5, 5.41) is 17.2. The molecule has 1 saturated carbocycles. The lowest BCUT2D eigenvalue weighted by molar-refractivity contribution is 0.0952. The Balaban J connectivity index is 1.56. The fraction of sp³-hybridized carbons (Fsp3) is 0.250. The van der Waals surface area contributed by atoms with E-state index in [-0.39, 0.29) is 29.3 Å². The van der Waals surface area contributed by atoms with Gasteiger partial charge in [0.25, 0.3) is 11.5 Å². The van der Waals surface area contributed by atoms with Crippen LogP contribution in [-0.4, -0.2) is 47.9 Å². The highest BCUT2D eigenvalue weighted by atomic mass is 19.1. The van der Waals surface area contributed by atoms with Gasteiger partial charge < -0.3 is 16.0 Å². The molecule has 11 nitrogen and oxygen atoms in total. The van der Waals surface area contributed by atoms with Crippen LogP contribution in [-0.2, 0) is 7.05 Å². The van der Waals surface area contributed by atoms with E-state index in [1.54, 1.807) is 32.4 Å². The van der Waals surface area contributed by atoms with Crippen molar-refractivity contribution in [1.82, 2.24) is 34.3 Å². The number of hydrogen-bond donors (Lipinski definition) is 3. The van der Waals surface area contributed by atoms with Gasteiger partial charge in [0.15, 0.2) is 11.5 Å². The number of nitrogens with one attached hydrogen (secondary N) is 3. The number of aryl methyl sites for hydroxylation is 1. The lowest BCUT2D eigenvalue weighted by Crippen LogP contribution is -2.25. The van der Waals surface area contributed by atoms with Crippen molar-refractivity contribution in [2.24, 2.45) is 7.05 Å². The molecule has 0 spiro atoms. The zero-order valence-corrected chi connectivity index (χ0v) is 17.3. The summed E-state index contributed by atoms with van der Waals surface area (Å²) in [5.41, 5.74) is 0.0807. The number of carbonyl (C=O) groups is 1. The number of pyridine rings is 1. The molecule has 0 aliphatic heterocycles. The molecule has 4 aromatic heterocycles. The van der Waals surface area contributed by atoms with Crippen molar-refractivity contribution in [3.8, 4) is 5.82 Å². The summed E-state index contributed by atoms with van der Waals surface area (Å²) in [6.07, 6.45) is 6.08. The third-order valence-electron chi connectivity index (χ3n) is 5.08. The Kier molecular flexibility index (Phi) is 4.61. The fourth-order valence-corrected chi connectivity index (χ4v) is 3.33. The van der Waals surface area contributed by atoms with Crippen LogP contribution in [0.3, 0.4) is 0 Å². The van der Waals surface area contributed by atoms with Gasteiger partial charge in [-0.3, -0.25) is 18.8 Å². The SMILES string of the molecule is CNc1cc(Nc2cc(F)cn(-c3ccn(C)n3)c2=O)nc2c(C(=O)NC3CC3)cnn12. The van der Waals surface area contributed by atoms with Crippen LogP contribution in [0.25, 0.3) is 11.5 Å². The Hall–Kier alpha value is -4.22.